The number of nitrogens with zero attached hydrogens (tertiary/aromatic N) is 1. The van der Waals surface area contributed by atoms with E-state index in [1.807, 2.05) is 0 Å². The van der Waals surface area contributed by atoms with Crippen LogP contribution in [0.4, 0.5) is 0 Å². The quantitative estimate of drug-likeness (QED) is 0.869. The summed E-state index contributed by atoms with van der Waals surface area (Å²) in [6.07, 6.45) is -1.03. The minimum atomic E-state index is -3.39. The molecule has 1 saturated heterocycles. The van der Waals surface area contributed by atoms with Gasteiger partial charge in [-0.2, -0.15) is 0 Å². The Balaban J connectivity index is 2.16. The molecule has 8 heteroatoms. The maximum absolute atomic E-state index is 12.4. The Kier molecular flexibility index (Phi) is 5.06. The second kappa shape index (κ2) is 6.67. The minimum Gasteiger partial charge on any atom is -0.479 e. The highest BCUT2D eigenvalue weighted by atomic mass is 32.2. The van der Waals surface area contributed by atoms with E-state index < -0.39 is 27.2 Å². The standard InChI is InChI=1S/C15H19NO6S/c1-10(2)23(20,21)12-5-3-11(4-6-12)14(17)16-7-8-22-13(9-16)15(18)19/h3-6,10,13H,7-9H2,1-2H3,(H,18,19)/t13-/m0/s1. The van der Waals surface area contributed by atoms with Crippen LogP contribution in [0.2, 0.25) is 0 Å². The molecule has 0 spiro atoms. The Bertz CT molecular complexity index is 695. The molecule has 1 aliphatic heterocycles. The largest absolute Gasteiger partial charge is 0.479 e. The third-order valence-electron chi connectivity index (χ3n) is 3.68. The van der Waals surface area contributed by atoms with Crippen molar-refractivity contribution in [3.05, 3.63) is 29.8 Å². The number of ether oxygens (including phenoxy) is 1. The zero-order valence-electron chi connectivity index (χ0n) is 12.9. The van der Waals surface area contributed by atoms with Crippen molar-refractivity contribution in [2.45, 2.75) is 30.1 Å². The van der Waals surface area contributed by atoms with Crippen LogP contribution < -0.4 is 0 Å². The average Bonchev–Trinajstić information content (AvgIpc) is 2.54. The van der Waals surface area contributed by atoms with Crippen LogP contribution in [0.15, 0.2) is 29.2 Å². The van der Waals surface area contributed by atoms with Crippen LogP contribution in [0.1, 0.15) is 24.2 Å². The molecule has 1 heterocycles. The second-order valence-corrected chi connectivity index (χ2v) is 8.07. The van der Waals surface area contributed by atoms with E-state index in [1.165, 1.54) is 29.2 Å². The highest BCUT2D eigenvalue weighted by molar-refractivity contribution is 7.92. The van der Waals surface area contributed by atoms with Crippen molar-refractivity contribution in [2.24, 2.45) is 0 Å². The lowest BCUT2D eigenvalue weighted by Crippen LogP contribution is -2.48. The smallest absolute Gasteiger partial charge is 0.334 e. The Morgan fingerprint density at radius 3 is 2.39 bits per heavy atom. The first-order valence-electron chi connectivity index (χ1n) is 7.21. The predicted molar refractivity (Wildman–Crippen MR) is 82.0 cm³/mol. The zero-order chi connectivity index (χ0) is 17.2. The van der Waals surface area contributed by atoms with Crippen molar-refractivity contribution in [1.29, 1.82) is 0 Å². The Labute approximate surface area is 134 Å². The molecule has 1 aromatic carbocycles. The van der Waals surface area contributed by atoms with Crippen molar-refractivity contribution in [1.82, 2.24) is 4.90 Å². The molecule has 0 radical (unpaired) electrons. The normalized spacial score (nSPS) is 18.9. The average molecular weight is 341 g/mol. The number of hydrogen-bond acceptors (Lipinski definition) is 5. The molecule has 0 aromatic heterocycles. The van der Waals surface area contributed by atoms with Gasteiger partial charge in [0.25, 0.3) is 5.91 Å². The molecular weight excluding hydrogens is 322 g/mol. The van der Waals surface area contributed by atoms with Gasteiger partial charge in [-0.3, -0.25) is 4.79 Å². The fourth-order valence-electron chi connectivity index (χ4n) is 2.23. The lowest BCUT2D eigenvalue weighted by Gasteiger charge is -2.30. The number of sulfone groups is 1. The monoisotopic (exact) mass is 341 g/mol. The summed E-state index contributed by atoms with van der Waals surface area (Å²) in [5.74, 6) is -1.45. The van der Waals surface area contributed by atoms with E-state index in [9.17, 15) is 18.0 Å². The van der Waals surface area contributed by atoms with Gasteiger partial charge in [-0.25, -0.2) is 13.2 Å². The lowest BCUT2D eigenvalue weighted by molar-refractivity contribution is -0.154. The topological polar surface area (TPSA) is 101 Å². The summed E-state index contributed by atoms with van der Waals surface area (Å²) in [5.41, 5.74) is 0.318. The number of morpholine rings is 1. The molecule has 0 bridgehead atoms. The summed E-state index contributed by atoms with van der Waals surface area (Å²) in [7, 11) is -3.39. The van der Waals surface area contributed by atoms with Gasteiger partial charge >= 0.3 is 5.97 Å². The molecule has 126 valence electrons. The summed E-state index contributed by atoms with van der Waals surface area (Å²) in [6.45, 7) is 3.61. The number of hydrogen-bond donors (Lipinski definition) is 1. The molecule has 1 amide bonds. The number of benzene rings is 1. The summed E-state index contributed by atoms with van der Waals surface area (Å²) in [4.78, 5) is 24.9. The number of carbonyl (C=O) groups excluding carboxylic acids is 1. The zero-order valence-corrected chi connectivity index (χ0v) is 13.7. The van der Waals surface area contributed by atoms with Gasteiger partial charge in [0.2, 0.25) is 0 Å². The van der Waals surface area contributed by atoms with Gasteiger partial charge < -0.3 is 14.7 Å². The van der Waals surface area contributed by atoms with E-state index in [2.05, 4.69) is 0 Å². The van der Waals surface area contributed by atoms with Crippen molar-refractivity contribution in [2.75, 3.05) is 19.7 Å². The number of aliphatic carboxylic acids is 1. The van der Waals surface area contributed by atoms with Crippen molar-refractivity contribution in [3.63, 3.8) is 0 Å². The van der Waals surface area contributed by atoms with Crippen LogP contribution in [0, 0.1) is 0 Å². The van der Waals surface area contributed by atoms with Crippen LogP contribution in [-0.4, -0.2) is 61.4 Å². The van der Waals surface area contributed by atoms with E-state index in [4.69, 9.17) is 9.84 Å². The molecule has 0 aliphatic carbocycles. The molecule has 0 saturated carbocycles. The predicted octanol–water partition coefficient (Wildman–Crippen LogP) is 0.794. The fraction of sp³-hybridized carbons (Fsp3) is 0.467. The molecular formula is C15H19NO6S. The van der Waals surface area contributed by atoms with Crippen molar-refractivity contribution >= 4 is 21.7 Å². The highest BCUT2D eigenvalue weighted by Gasteiger charge is 2.29. The number of carboxylic acids is 1. The van der Waals surface area contributed by atoms with Gasteiger partial charge in [-0.05, 0) is 38.1 Å². The van der Waals surface area contributed by atoms with Gasteiger partial charge in [0.1, 0.15) is 0 Å². The Morgan fingerprint density at radius 1 is 1.26 bits per heavy atom. The Hall–Kier alpha value is -1.93. The highest BCUT2D eigenvalue weighted by Crippen LogP contribution is 2.18. The van der Waals surface area contributed by atoms with E-state index in [0.29, 0.717) is 12.1 Å². The van der Waals surface area contributed by atoms with E-state index >= 15 is 0 Å². The van der Waals surface area contributed by atoms with Gasteiger partial charge in [-0.15, -0.1) is 0 Å². The summed E-state index contributed by atoms with van der Waals surface area (Å²) in [6, 6.07) is 5.70. The first kappa shape index (κ1) is 17.4. The van der Waals surface area contributed by atoms with Crippen molar-refractivity contribution in [3.8, 4) is 0 Å². The van der Waals surface area contributed by atoms with Crippen LogP contribution in [0.3, 0.4) is 0 Å². The fourth-order valence-corrected chi connectivity index (χ4v) is 3.28. The van der Waals surface area contributed by atoms with Crippen LogP contribution >= 0.6 is 0 Å². The molecule has 2 rings (SSSR count). The lowest BCUT2D eigenvalue weighted by atomic mass is 10.1. The second-order valence-electron chi connectivity index (χ2n) is 5.57. The van der Waals surface area contributed by atoms with Crippen LogP contribution in [0.25, 0.3) is 0 Å². The van der Waals surface area contributed by atoms with Gasteiger partial charge in [0.15, 0.2) is 15.9 Å². The van der Waals surface area contributed by atoms with Gasteiger partial charge in [0.05, 0.1) is 23.3 Å². The number of carboxylic acid groups (broad SMARTS) is 1. The Morgan fingerprint density at radius 2 is 1.87 bits per heavy atom. The molecule has 7 nitrogen and oxygen atoms in total. The summed E-state index contributed by atoms with van der Waals surface area (Å²) >= 11 is 0. The number of carbonyl (C=O) groups is 2. The molecule has 1 atom stereocenters. The molecule has 1 aliphatic rings. The molecule has 0 unspecified atom stereocenters. The van der Waals surface area contributed by atoms with Crippen molar-refractivity contribution < 1.29 is 27.9 Å². The SMILES string of the molecule is CC(C)S(=O)(=O)c1ccc(C(=O)N2CCO[C@H](C(=O)O)C2)cc1. The maximum Gasteiger partial charge on any atom is 0.334 e. The molecule has 1 fully saturated rings. The van der Waals surface area contributed by atoms with Gasteiger partial charge in [0, 0.05) is 12.1 Å². The summed E-state index contributed by atoms with van der Waals surface area (Å²) < 4.78 is 29.2. The third kappa shape index (κ3) is 3.70. The molecule has 1 aromatic rings. The number of rotatable bonds is 4. The molecule has 23 heavy (non-hydrogen) atoms. The first-order valence-corrected chi connectivity index (χ1v) is 8.75. The minimum absolute atomic E-state index is 0.0276. The van der Waals surface area contributed by atoms with Crippen LogP contribution in [0.5, 0.6) is 0 Å². The molecule has 1 N–H and O–H groups in total. The van der Waals surface area contributed by atoms with E-state index in [1.54, 1.807) is 13.8 Å². The van der Waals surface area contributed by atoms with Gasteiger partial charge in [-0.1, -0.05) is 0 Å². The third-order valence-corrected chi connectivity index (χ3v) is 5.85. The number of amides is 1. The first-order chi connectivity index (χ1) is 10.7. The maximum atomic E-state index is 12.4. The van der Waals surface area contributed by atoms with E-state index in [0.717, 1.165) is 0 Å². The van der Waals surface area contributed by atoms with E-state index in [-0.39, 0.29) is 24.0 Å². The van der Waals surface area contributed by atoms with Crippen LogP contribution in [-0.2, 0) is 19.4 Å². The summed E-state index contributed by atoms with van der Waals surface area (Å²) in [5, 5.41) is 8.41.